The summed E-state index contributed by atoms with van der Waals surface area (Å²) in [4.78, 5) is 13.8. The molecule has 1 aliphatic heterocycles. The summed E-state index contributed by atoms with van der Waals surface area (Å²) in [5, 5.41) is 8.44. The Kier molecular flexibility index (Phi) is 5.05. The minimum Gasteiger partial charge on any atom is -0.376 e. The lowest BCUT2D eigenvalue weighted by molar-refractivity contribution is -0.128. The first-order valence-corrected chi connectivity index (χ1v) is 10.7. The maximum atomic E-state index is 14.2. The van der Waals surface area contributed by atoms with E-state index in [1.807, 2.05) is 4.90 Å². The van der Waals surface area contributed by atoms with Crippen LogP contribution in [-0.2, 0) is 9.53 Å². The molecule has 8 heteroatoms. The zero-order valence-electron chi connectivity index (χ0n) is 17.0. The molecule has 3 fully saturated rings. The lowest BCUT2D eigenvalue weighted by atomic mass is 9.77. The molecule has 30 heavy (non-hydrogen) atoms. The molecule has 2 saturated carbocycles. The van der Waals surface area contributed by atoms with E-state index < -0.39 is 11.6 Å². The van der Waals surface area contributed by atoms with Crippen LogP contribution < -0.4 is 0 Å². The van der Waals surface area contributed by atoms with Crippen molar-refractivity contribution in [2.24, 2.45) is 17.8 Å². The fourth-order valence-corrected chi connectivity index (χ4v) is 4.91. The maximum absolute atomic E-state index is 14.2. The summed E-state index contributed by atoms with van der Waals surface area (Å²) in [6.45, 7) is 3.93. The van der Waals surface area contributed by atoms with Gasteiger partial charge in [-0.1, -0.05) is 5.21 Å². The summed E-state index contributed by atoms with van der Waals surface area (Å²) in [5.74, 6) is 0.334. The average molecular weight is 416 g/mol. The second kappa shape index (κ2) is 7.72. The fourth-order valence-electron chi connectivity index (χ4n) is 4.91. The van der Waals surface area contributed by atoms with Crippen LogP contribution in [0.3, 0.4) is 0 Å². The second-order valence-corrected chi connectivity index (χ2v) is 9.01. The zero-order valence-corrected chi connectivity index (χ0v) is 17.0. The van der Waals surface area contributed by atoms with Crippen LogP contribution in [0, 0.1) is 29.4 Å². The highest BCUT2D eigenvalue weighted by molar-refractivity contribution is 5.73. The standard InChI is InChI=1S/C22H26F2N4O2/c1-13(29)27-9-15-6-21(22(7-16(15)10-27)30-12-14-2-3-14)28-11-20(25-26-28)18-5-4-17(23)8-19(18)24/h4-5,8,11,14-16,21-22H,2-3,6-7,9-10,12H2,1H3/t15-,16+,21-,22-/m1/s1. The number of aromatic nitrogens is 3. The molecule has 0 N–H and O–H groups in total. The number of halogens is 2. The predicted molar refractivity (Wildman–Crippen MR) is 105 cm³/mol. The number of hydrogen-bond acceptors (Lipinski definition) is 4. The summed E-state index contributed by atoms with van der Waals surface area (Å²) >= 11 is 0. The smallest absolute Gasteiger partial charge is 0.219 e. The molecule has 1 aromatic heterocycles. The van der Waals surface area contributed by atoms with Crippen LogP contribution in [0.15, 0.2) is 24.4 Å². The molecule has 0 spiro atoms. The van der Waals surface area contributed by atoms with Gasteiger partial charge in [-0.25, -0.2) is 13.5 Å². The summed E-state index contributed by atoms with van der Waals surface area (Å²) in [6, 6.07) is 3.45. The van der Waals surface area contributed by atoms with Crippen molar-refractivity contribution in [3.63, 3.8) is 0 Å². The van der Waals surface area contributed by atoms with Crippen LogP contribution in [0.25, 0.3) is 11.3 Å². The number of carbonyl (C=O) groups excluding carboxylic acids is 1. The zero-order chi connectivity index (χ0) is 20.8. The Morgan fingerprint density at radius 1 is 1.20 bits per heavy atom. The summed E-state index contributed by atoms with van der Waals surface area (Å²) in [6.07, 6.45) is 5.89. The van der Waals surface area contributed by atoms with E-state index in [2.05, 4.69) is 10.3 Å². The van der Waals surface area contributed by atoms with Gasteiger partial charge in [-0.2, -0.15) is 0 Å². The largest absolute Gasteiger partial charge is 0.376 e. The van der Waals surface area contributed by atoms with Crippen molar-refractivity contribution >= 4 is 5.91 Å². The van der Waals surface area contributed by atoms with E-state index in [-0.39, 0.29) is 23.6 Å². The molecule has 5 rings (SSSR count). The summed E-state index contributed by atoms with van der Waals surface area (Å²) in [7, 11) is 0. The molecular weight excluding hydrogens is 390 g/mol. The summed E-state index contributed by atoms with van der Waals surface area (Å²) in [5.41, 5.74) is 0.614. The number of carbonyl (C=O) groups is 1. The number of nitrogens with zero attached hydrogens (tertiary/aromatic N) is 4. The Balaban J connectivity index is 1.39. The van der Waals surface area contributed by atoms with Gasteiger partial charge in [-0.05, 0) is 55.6 Å². The van der Waals surface area contributed by atoms with Gasteiger partial charge in [0.25, 0.3) is 0 Å². The maximum Gasteiger partial charge on any atom is 0.219 e. The van der Waals surface area contributed by atoms with Gasteiger partial charge < -0.3 is 9.64 Å². The highest BCUT2D eigenvalue weighted by Gasteiger charge is 2.44. The third-order valence-electron chi connectivity index (χ3n) is 6.83. The van der Waals surface area contributed by atoms with Crippen LogP contribution in [0.2, 0.25) is 0 Å². The van der Waals surface area contributed by atoms with Gasteiger partial charge in [-0.15, -0.1) is 5.10 Å². The van der Waals surface area contributed by atoms with Crippen molar-refractivity contribution in [3.05, 3.63) is 36.0 Å². The monoisotopic (exact) mass is 416 g/mol. The van der Waals surface area contributed by atoms with Crippen LogP contribution in [0.5, 0.6) is 0 Å². The van der Waals surface area contributed by atoms with Gasteiger partial charge in [0.1, 0.15) is 17.3 Å². The van der Waals surface area contributed by atoms with Gasteiger partial charge in [-0.3, -0.25) is 4.79 Å². The Labute approximate surface area is 174 Å². The highest BCUT2D eigenvalue weighted by atomic mass is 19.1. The first kappa shape index (κ1) is 19.6. The number of benzene rings is 1. The number of hydrogen-bond donors (Lipinski definition) is 0. The van der Waals surface area contributed by atoms with Gasteiger partial charge in [0.15, 0.2) is 0 Å². The molecular formula is C22H26F2N4O2. The van der Waals surface area contributed by atoms with Crippen LogP contribution >= 0.6 is 0 Å². The van der Waals surface area contributed by atoms with Crippen molar-refractivity contribution in [1.29, 1.82) is 0 Å². The molecule has 2 aliphatic carbocycles. The normalized spacial score (nSPS) is 28.6. The molecule has 2 heterocycles. The SMILES string of the molecule is CC(=O)N1C[C@H]2C[C@@H](n3cc(-c4ccc(F)cc4F)nn3)[C@H](OCC3CC3)C[C@H]2C1. The third kappa shape index (κ3) is 3.85. The minimum absolute atomic E-state index is 0.00799. The van der Waals surface area contributed by atoms with Gasteiger partial charge in [0.05, 0.1) is 18.3 Å². The topological polar surface area (TPSA) is 60.2 Å². The van der Waals surface area contributed by atoms with E-state index >= 15 is 0 Å². The number of amides is 1. The summed E-state index contributed by atoms with van der Waals surface area (Å²) < 4.78 is 35.5. The number of rotatable bonds is 5. The highest BCUT2D eigenvalue weighted by Crippen LogP contribution is 2.43. The molecule has 4 atom stereocenters. The number of likely N-dealkylation sites (tertiary alicyclic amines) is 1. The molecule has 0 bridgehead atoms. The lowest BCUT2D eigenvalue weighted by Crippen LogP contribution is -2.38. The third-order valence-corrected chi connectivity index (χ3v) is 6.83. The Bertz CT molecular complexity index is 945. The lowest BCUT2D eigenvalue weighted by Gasteiger charge is -2.37. The van der Waals surface area contributed by atoms with Crippen LogP contribution in [0.4, 0.5) is 8.78 Å². The average Bonchev–Trinajstić information content (AvgIpc) is 3.24. The Morgan fingerprint density at radius 2 is 1.97 bits per heavy atom. The molecule has 6 nitrogen and oxygen atoms in total. The van der Waals surface area contributed by atoms with Crippen molar-refractivity contribution in [1.82, 2.24) is 19.9 Å². The van der Waals surface area contributed by atoms with E-state index in [9.17, 15) is 13.6 Å². The first-order valence-electron chi connectivity index (χ1n) is 10.7. The van der Waals surface area contributed by atoms with Gasteiger partial charge in [0, 0.05) is 38.2 Å². The van der Waals surface area contributed by atoms with E-state index in [0.717, 1.165) is 38.6 Å². The Hall–Kier alpha value is -2.35. The van der Waals surface area contributed by atoms with Crippen molar-refractivity contribution in [2.75, 3.05) is 19.7 Å². The number of fused-ring (bicyclic) bond motifs is 1. The molecule has 0 unspecified atom stereocenters. The van der Waals surface area contributed by atoms with Crippen LogP contribution in [0.1, 0.15) is 38.6 Å². The quantitative estimate of drug-likeness (QED) is 0.749. The van der Waals surface area contributed by atoms with E-state index in [4.69, 9.17) is 4.74 Å². The van der Waals surface area contributed by atoms with Crippen molar-refractivity contribution in [3.8, 4) is 11.3 Å². The van der Waals surface area contributed by atoms with E-state index in [1.54, 1.807) is 17.8 Å². The molecule has 1 amide bonds. The minimum atomic E-state index is -0.653. The molecule has 2 aromatic rings. The molecule has 1 aromatic carbocycles. The van der Waals surface area contributed by atoms with Crippen LogP contribution in [-0.4, -0.2) is 51.6 Å². The second-order valence-electron chi connectivity index (χ2n) is 9.01. The molecule has 1 saturated heterocycles. The van der Waals surface area contributed by atoms with E-state index in [1.165, 1.54) is 25.0 Å². The molecule has 0 radical (unpaired) electrons. The van der Waals surface area contributed by atoms with Gasteiger partial charge in [0.2, 0.25) is 5.91 Å². The van der Waals surface area contributed by atoms with Crippen molar-refractivity contribution < 1.29 is 18.3 Å². The number of ether oxygens (including phenoxy) is 1. The molecule has 3 aliphatic rings. The first-order chi connectivity index (χ1) is 14.5. The Morgan fingerprint density at radius 3 is 2.67 bits per heavy atom. The fraction of sp³-hybridized carbons (Fsp3) is 0.591. The molecule has 160 valence electrons. The predicted octanol–water partition coefficient (Wildman–Crippen LogP) is 3.45. The van der Waals surface area contributed by atoms with Gasteiger partial charge >= 0.3 is 0 Å². The van der Waals surface area contributed by atoms with E-state index in [0.29, 0.717) is 23.4 Å². The van der Waals surface area contributed by atoms with Crippen molar-refractivity contribution in [2.45, 2.75) is 44.8 Å².